The summed E-state index contributed by atoms with van der Waals surface area (Å²) in [7, 11) is 1.56. The Morgan fingerprint density at radius 2 is 1.93 bits per heavy atom. The second kappa shape index (κ2) is 13.8. The van der Waals surface area contributed by atoms with Gasteiger partial charge in [-0.1, -0.05) is 50.5 Å². The van der Waals surface area contributed by atoms with E-state index in [2.05, 4.69) is 39.3 Å². The van der Waals surface area contributed by atoms with E-state index in [0.29, 0.717) is 5.56 Å². The van der Waals surface area contributed by atoms with Crippen LogP contribution in [-0.2, 0) is 4.74 Å². The van der Waals surface area contributed by atoms with E-state index in [1.165, 1.54) is 0 Å². The summed E-state index contributed by atoms with van der Waals surface area (Å²) >= 11 is 0. The molecule has 0 aliphatic carbocycles. The smallest absolute Gasteiger partial charge is 0.253 e. The zero-order chi connectivity index (χ0) is 28.5. The van der Waals surface area contributed by atoms with E-state index in [0.717, 1.165) is 65.0 Å². The number of methoxy groups -OCH3 is 1. The molecule has 1 atom stereocenters. The lowest BCUT2D eigenvalue weighted by Gasteiger charge is -2.23. The Morgan fingerprint density at radius 3 is 2.60 bits per heavy atom. The zero-order valence-corrected chi connectivity index (χ0v) is 23.7. The first-order valence-corrected chi connectivity index (χ1v) is 13.7. The average Bonchev–Trinajstić information content (AvgIpc) is 3.39. The Labute approximate surface area is 236 Å². The Morgan fingerprint density at radius 1 is 1.18 bits per heavy atom. The molecule has 1 aromatic heterocycles. The second-order valence-corrected chi connectivity index (χ2v) is 10.1. The maximum atomic E-state index is 13.4. The standard InChI is InChI=1S/C33H38N4O3/c1-6-7-8-28(23(4)10-9-22(2)3)33(39-5)35-32(38)25-13-16-30-29(21-25)31(37-36-30)24-11-14-26(15-12-24)40-27-17-19-34-20-18-27/h6-8,11-16,21-22,27,33-34H,1,17-20H2,2-5H3,(H,35,38)(H,36,37)/b8-7-,28-23-. The molecule has 2 heterocycles. The number of benzene rings is 2. The van der Waals surface area contributed by atoms with Crippen molar-refractivity contribution in [3.8, 4) is 28.8 Å². The van der Waals surface area contributed by atoms with Crippen LogP contribution in [0, 0.1) is 17.8 Å². The van der Waals surface area contributed by atoms with E-state index >= 15 is 0 Å². The van der Waals surface area contributed by atoms with Gasteiger partial charge in [0.05, 0.1) is 11.2 Å². The molecule has 2 aromatic carbocycles. The number of carbonyl (C=O) groups is 1. The number of piperidine rings is 1. The summed E-state index contributed by atoms with van der Waals surface area (Å²) in [5.41, 5.74) is 4.64. The van der Waals surface area contributed by atoms with Crippen LogP contribution in [0.1, 0.15) is 44.0 Å². The van der Waals surface area contributed by atoms with Crippen LogP contribution in [0.25, 0.3) is 22.2 Å². The fraction of sp³-hybridized carbons (Fsp3) is 0.333. The third kappa shape index (κ3) is 7.29. The summed E-state index contributed by atoms with van der Waals surface area (Å²) in [6.07, 6.45) is 6.92. The molecule has 1 saturated heterocycles. The van der Waals surface area contributed by atoms with Gasteiger partial charge in [0, 0.05) is 40.7 Å². The highest BCUT2D eigenvalue weighted by Crippen LogP contribution is 2.29. The zero-order valence-electron chi connectivity index (χ0n) is 23.7. The molecule has 208 valence electrons. The minimum absolute atomic E-state index is 0.226. The number of aromatic amines is 1. The molecule has 7 nitrogen and oxygen atoms in total. The second-order valence-electron chi connectivity index (χ2n) is 10.1. The number of fused-ring (bicyclic) bond motifs is 1. The molecule has 1 fully saturated rings. The highest BCUT2D eigenvalue weighted by molar-refractivity contribution is 6.01. The molecule has 0 saturated carbocycles. The average molecular weight is 539 g/mol. The van der Waals surface area contributed by atoms with Crippen molar-refractivity contribution in [3.63, 3.8) is 0 Å². The van der Waals surface area contributed by atoms with Gasteiger partial charge in [0.2, 0.25) is 0 Å². The van der Waals surface area contributed by atoms with E-state index in [9.17, 15) is 4.79 Å². The molecule has 1 aliphatic rings. The molecule has 3 N–H and O–H groups in total. The van der Waals surface area contributed by atoms with E-state index in [-0.39, 0.29) is 17.9 Å². The van der Waals surface area contributed by atoms with Crippen molar-refractivity contribution in [2.75, 3.05) is 20.2 Å². The molecule has 0 radical (unpaired) electrons. The van der Waals surface area contributed by atoms with Crippen LogP contribution in [0.5, 0.6) is 5.75 Å². The fourth-order valence-corrected chi connectivity index (χ4v) is 4.54. The van der Waals surface area contributed by atoms with Gasteiger partial charge in [0.1, 0.15) is 11.9 Å². The Kier molecular flexibility index (Phi) is 9.96. The number of nitrogens with zero attached hydrogens (tertiary/aromatic N) is 1. The molecular formula is C33H38N4O3. The number of rotatable bonds is 9. The van der Waals surface area contributed by atoms with Crippen molar-refractivity contribution in [1.29, 1.82) is 0 Å². The first kappa shape index (κ1) is 28.9. The SMILES string of the molecule is C=C/C=C\C(=C(/C)C#CC(C)C)C(NC(=O)c1ccc2[nH]nc(-c3ccc(OC4CCNCC4)cc3)c2c1)OC. The maximum Gasteiger partial charge on any atom is 0.253 e. The summed E-state index contributed by atoms with van der Waals surface area (Å²) in [6, 6.07) is 13.5. The molecule has 0 spiro atoms. The van der Waals surface area contributed by atoms with E-state index < -0.39 is 6.23 Å². The maximum absolute atomic E-state index is 13.4. The van der Waals surface area contributed by atoms with Gasteiger partial charge in [-0.15, -0.1) is 0 Å². The predicted molar refractivity (Wildman–Crippen MR) is 161 cm³/mol. The molecule has 0 bridgehead atoms. The molecule has 1 aliphatic heterocycles. The van der Waals surface area contributed by atoms with E-state index in [4.69, 9.17) is 9.47 Å². The highest BCUT2D eigenvalue weighted by Gasteiger charge is 2.19. The van der Waals surface area contributed by atoms with Crippen LogP contribution in [0.4, 0.5) is 0 Å². The van der Waals surface area contributed by atoms with Gasteiger partial charge in [-0.3, -0.25) is 9.89 Å². The Balaban J connectivity index is 1.56. The minimum Gasteiger partial charge on any atom is -0.490 e. The van der Waals surface area contributed by atoms with Crippen molar-refractivity contribution < 1.29 is 14.3 Å². The fourth-order valence-electron chi connectivity index (χ4n) is 4.54. The van der Waals surface area contributed by atoms with Crippen molar-refractivity contribution in [3.05, 3.63) is 84.0 Å². The minimum atomic E-state index is -0.683. The van der Waals surface area contributed by atoms with Gasteiger partial charge >= 0.3 is 0 Å². The van der Waals surface area contributed by atoms with Gasteiger partial charge in [-0.25, -0.2) is 0 Å². The normalized spacial score (nSPS) is 15.4. The van der Waals surface area contributed by atoms with Crippen molar-refractivity contribution in [2.24, 2.45) is 5.92 Å². The van der Waals surface area contributed by atoms with Gasteiger partial charge in [0.15, 0.2) is 6.23 Å². The third-order valence-electron chi connectivity index (χ3n) is 6.72. The first-order valence-electron chi connectivity index (χ1n) is 13.7. The van der Waals surface area contributed by atoms with Crippen LogP contribution in [0.3, 0.4) is 0 Å². The molecule has 1 amide bonds. The summed E-state index contributed by atoms with van der Waals surface area (Å²) in [5.74, 6) is 7.17. The number of amides is 1. The number of allylic oxidation sites excluding steroid dienone is 3. The molecule has 4 rings (SSSR count). The monoisotopic (exact) mass is 538 g/mol. The molecular weight excluding hydrogens is 500 g/mol. The molecule has 7 heteroatoms. The number of ether oxygens (including phenoxy) is 2. The number of nitrogens with one attached hydrogen (secondary N) is 3. The van der Waals surface area contributed by atoms with Crippen LogP contribution in [-0.4, -0.2) is 48.6 Å². The predicted octanol–water partition coefficient (Wildman–Crippen LogP) is 5.78. The van der Waals surface area contributed by atoms with Gasteiger partial charge in [-0.05, 0) is 75.3 Å². The lowest BCUT2D eigenvalue weighted by molar-refractivity contribution is 0.0722. The Bertz CT molecular complexity index is 1450. The first-order chi connectivity index (χ1) is 19.4. The van der Waals surface area contributed by atoms with Crippen LogP contribution in [0.15, 0.2) is 78.4 Å². The summed E-state index contributed by atoms with van der Waals surface area (Å²) < 4.78 is 11.8. The lowest BCUT2D eigenvalue weighted by Crippen LogP contribution is -2.37. The highest BCUT2D eigenvalue weighted by atomic mass is 16.5. The number of aromatic nitrogens is 2. The van der Waals surface area contributed by atoms with Crippen molar-refractivity contribution in [2.45, 2.75) is 45.9 Å². The molecule has 1 unspecified atom stereocenters. The largest absolute Gasteiger partial charge is 0.490 e. The number of hydrogen-bond donors (Lipinski definition) is 3. The number of H-pyrrole nitrogens is 1. The van der Waals surface area contributed by atoms with Gasteiger partial charge in [0.25, 0.3) is 5.91 Å². The third-order valence-corrected chi connectivity index (χ3v) is 6.72. The quantitative estimate of drug-likeness (QED) is 0.183. The van der Waals surface area contributed by atoms with E-state index in [1.54, 1.807) is 25.3 Å². The summed E-state index contributed by atoms with van der Waals surface area (Å²) in [6.45, 7) is 11.7. The topological polar surface area (TPSA) is 88.3 Å². The van der Waals surface area contributed by atoms with Crippen LogP contribution < -0.4 is 15.4 Å². The molecule has 3 aromatic rings. The Hall–Kier alpha value is -4.12. The van der Waals surface area contributed by atoms with Crippen molar-refractivity contribution >= 4 is 16.8 Å². The van der Waals surface area contributed by atoms with Crippen LogP contribution in [0.2, 0.25) is 0 Å². The van der Waals surface area contributed by atoms with Gasteiger partial charge in [-0.2, -0.15) is 5.10 Å². The molecule has 40 heavy (non-hydrogen) atoms. The van der Waals surface area contributed by atoms with Gasteiger partial charge < -0.3 is 20.1 Å². The summed E-state index contributed by atoms with van der Waals surface area (Å²) in [4.78, 5) is 13.4. The number of hydrogen-bond acceptors (Lipinski definition) is 5. The lowest BCUT2D eigenvalue weighted by atomic mass is 10.0. The van der Waals surface area contributed by atoms with E-state index in [1.807, 2.05) is 63.2 Å². The van der Waals surface area contributed by atoms with Crippen LogP contribution >= 0.6 is 0 Å². The number of carbonyl (C=O) groups excluding carboxylic acids is 1. The summed E-state index contributed by atoms with van der Waals surface area (Å²) in [5, 5.41) is 14.8. The van der Waals surface area contributed by atoms with Crippen molar-refractivity contribution in [1.82, 2.24) is 20.8 Å².